The molecule has 148 valence electrons. The number of aryl methyl sites for hydroxylation is 1. The summed E-state index contributed by atoms with van der Waals surface area (Å²) in [6.45, 7) is 2.49. The van der Waals surface area contributed by atoms with Gasteiger partial charge in [-0.1, -0.05) is 48.5 Å². The Morgan fingerprint density at radius 3 is 2.41 bits per heavy atom. The maximum absolute atomic E-state index is 12.4. The van der Waals surface area contributed by atoms with Crippen LogP contribution in [-0.2, 0) is 11.3 Å². The molecule has 0 aliphatic rings. The van der Waals surface area contributed by atoms with E-state index in [0.717, 1.165) is 11.1 Å². The third-order valence-corrected chi connectivity index (χ3v) is 4.58. The van der Waals surface area contributed by atoms with E-state index in [-0.39, 0.29) is 18.4 Å². The molecule has 2 amide bonds. The van der Waals surface area contributed by atoms with Crippen molar-refractivity contribution < 1.29 is 14.3 Å². The molecule has 5 nitrogen and oxygen atoms in total. The van der Waals surface area contributed by atoms with Crippen molar-refractivity contribution in [1.82, 2.24) is 4.90 Å². The van der Waals surface area contributed by atoms with Gasteiger partial charge in [0.1, 0.15) is 5.75 Å². The van der Waals surface area contributed by atoms with Crippen LogP contribution in [0.5, 0.6) is 5.75 Å². The number of hydrogen-bond donors (Lipinski definition) is 1. The quantitative estimate of drug-likeness (QED) is 0.657. The number of benzene rings is 3. The first-order chi connectivity index (χ1) is 14.0. The minimum absolute atomic E-state index is 0.0710. The van der Waals surface area contributed by atoms with Gasteiger partial charge in [-0.2, -0.15) is 0 Å². The van der Waals surface area contributed by atoms with Crippen LogP contribution in [0, 0.1) is 6.92 Å². The molecule has 0 aliphatic heterocycles. The Balaban J connectivity index is 1.55. The van der Waals surface area contributed by atoms with Crippen LogP contribution in [0.15, 0.2) is 78.9 Å². The highest BCUT2D eigenvalue weighted by Crippen LogP contribution is 2.18. The van der Waals surface area contributed by atoms with E-state index in [1.54, 1.807) is 48.3 Å². The minimum Gasteiger partial charge on any atom is -0.484 e. The van der Waals surface area contributed by atoms with Gasteiger partial charge in [0.2, 0.25) is 0 Å². The zero-order valence-corrected chi connectivity index (χ0v) is 16.6. The molecule has 3 aromatic rings. The summed E-state index contributed by atoms with van der Waals surface area (Å²) >= 11 is 0. The van der Waals surface area contributed by atoms with Gasteiger partial charge >= 0.3 is 0 Å². The van der Waals surface area contributed by atoms with Crippen LogP contribution in [0.3, 0.4) is 0 Å². The van der Waals surface area contributed by atoms with Crippen molar-refractivity contribution in [1.29, 1.82) is 0 Å². The normalized spacial score (nSPS) is 10.3. The Labute approximate surface area is 170 Å². The molecular weight excluding hydrogens is 364 g/mol. The largest absolute Gasteiger partial charge is 0.484 e. The number of ether oxygens (including phenoxy) is 1. The number of nitrogens with one attached hydrogen (secondary N) is 1. The summed E-state index contributed by atoms with van der Waals surface area (Å²) in [5, 5.41) is 2.83. The fraction of sp³-hybridized carbons (Fsp3) is 0.167. The number of hydrogen-bond acceptors (Lipinski definition) is 3. The number of nitrogens with zero attached hydrogens (tertiary/aromatic N) is 1. The lowest BCUT2D eigenvalue weighted by molar-refractivity contribution is -0.132. The molecule has 0 atom stereocenters. The fourth-order valence-corrected chi connectivity index (χ4v) is 2.84. The first-order valence-corrected chi connectivity index (χ1v) is 9.40. The molecule has 3 aromatic carbocycles. The van der Waals surface area contributed by atoms with E-state index in [0.29, 0.717) is 23.5 Å². The highest BCUT2D eigenvalue weighted by atomic mass is 16.5. The number of anilines is 1. The zero-order chi connectivity index (χ0) is 20.6. The van der Waals surface area contributed by atoms with Gasteiger partial charge in [-0.05, 0) is 42.3 Å². The predicted molar refractivity (Wildman–Crippen MR) is 114 cm³/mol. The molecule has 0 aromatic heterocycles. The molecule has 0 saturated heterocycles. The molecular formula is C24H24N2O3. The zero-order valence-electron chi connectivity index (χ0n) is 16.6. The Morgan fingerprint density at radius 2 is 1.66 bits per heavy atom. The van der Waals surface area contributed by atoms with Crippen LogP contribution >= 0.6 is 0 Å². The Kier molecular flexibility index (Phi) is 6.63. The van der Waals surface area contributed by atoms with Crippen LogP contribution < -0.4 is 10.1 Å². The van der Waals surface area contributed by atoms with Crippen molar-refractivity contribution >= 4 is 17.5 Å². The molecule has 0 heterocycles. The second-order valence-electron chi connectivity index (χ2n) is 6.81. The Bertz CT molecular complexity index is 986. The van der Waals surface area contributed by atoms with Gasteiger partial charge in [0, 0.05) is 30.9 Å². The standard InChI is InChI=1S/C24H24N2O3/c1-18-9-6-7-12-20(18)16-26(2)23(27)17-29-22-14-8-13-21(15-22)25-24(28)19-10-4-3-5-11-19/h3-15H,16-17H2,1-2H3,(H,25,28). The lowest BCUT2D eigenvalue weighted by Crippen LogP contribution is -2.31. The van der Waals surface area contributed by atoms with Gasteiger partial charge in [-0.3, -0.25) is 9.59 Å². The highest BCUT2D eigenvalue weighted by Gasteiger charge is 2.12. The maximum Gasteiger partial charge on any atom is 0.260 e. The van der Waals surface area contributed by atoms with E-state index in [9.17, 15) is 9.59 Å². The summed E-state index contributed by atoms with van der Waals surface area (Å²) in [4.78, 5) is 26.3. The van der Waals surface area contributed by atoms with Crippen molar-refractivity contribution in [2.75, 3.05) is 19.0 Å². The van der Waals surface area contributed by atoms with E-state index in [1.165, 1.54) is 0 Å². The highest BCUT2D eigenvalue weighted by molar-refractivity contribution is 6.04. The third-order valence-electron chi connectivity index (χ3n) is 4.58. The van der Waals surface area contributed by atoms with Gasteiger partial charge in [0.15, 0.2) is 6.61 Å². The average molecular weight is 388 g/mol. The van der Waals surface area contributed by atoms with Crippen LogP contribution in [0.2, 0.25) is 0 Å². The number of amides is 2. The van der Waals surface area contributed by atoms with E-state index in [2.05, 4.69) is 5.32 Å². The van der Waals surface area contributed by atoms with Crippen molar-refractivity contribution in [3.63, 3.8) is 0 Å². The van der Waals surface area contributed by atoms with Gasteiger partial charge in [-0.25, -0.2) is 0 Å². The van der Waals surface area contributed by atoms with Crippen LogP contribution in [0.25, 0.3) is 0 Å². The van der Waals surface area contributed by atoms with Crippen molar-refractivity contribution in [3.05, 3.63) is 95.6 Å². The summed E-state index contributed by atoms with van der Waals surface area (Å²) in [6.07, 6.45) is 0. The molecule has 0 radical (unpaired) electrons. The topological polar surface area (TPSA) is 58.6 Å². The maximum atomic E-state index is 12.4. The van der Waals surface area contributed by atoms with Gasteiger partial charge in [0.25, 0.3) is 11.8 Å². The van der Waals surface area contributed by atoms with Crippen LogP contribution in [0.4, 0.5) is 5.69 Å². The lowest BCUT2D eigenvalue weighted by Gasteiger charge is -2.19. The first-order valence-electron chi connectivity index (χ1n) is 9.40. The Hall–Kier alpha value is -3.60. The van der Waals surface area contributed by atoms with Gasteiger partial charge in [0.05, 0.1) is 0 Å². The van der Waals surface area contributed by atoms with E-state index in [4.69, 9.17) is 4.74 Å². The summed E-state index contributed by atoms with van der Waals surface area (Å²) in [5.74, 6) is 0.206. The molecule has 1 N–H and O–H groups in total. The number of carbonyl (C=O) groups is 2. The predicted octanol–water partition coefficient (Wildman–Crippen LogP) is 4.28. The summed E-state index contributed by atoms with van der Waals surface area (Å²) < 4.78 is 5.64. The van der Waals surface area contributed by atoms with E-state index < -0.39 is 0 Å². The monoisotopic (exact) mass is 388 g/mol. The van der Waals surface area contributed by atoms with Crippen LogP contribution in [0.1, 0.15) is 21.5 Å². The molecule has 0 bridgehead atoms. The molecule has 5 heteroatoms. The second-order valence-corrected chi connectivity index (χ2v) is 6.81. The van der Waals surface area contributed by atoms with Crippen molar-refractivity contribution in [2.24, 2.45) is 0 Å². The Morgan fingerprint density at radius 1 is 0.931 bits per heavy atom. The average Bonchev–Trinajstić information content (AvgIpc) is 2.74. The number of carbonyl (C=O) groups excluding carboxylic acids is 2. The smallest absolute Gasteiger partial charge is 0.260 e. The third kappa shape index (κ3) is 5.69. The number of likely N-dealkylation sites (N-methyl/N-ethyl adjacent to an activating group) is 1. The number of rotatable bonds is 7. The fourth-order valence-electron chi connectivity index (χ4n) is 2.84. The SMILES string of the molecule is Cc1ccccc1CN(C)C(=O)COc1cccc(NC(=O)c2ccccc2)c1. The summed E-state index contributed by atoms with van der Waals surface area (Å²) in [7, 11) is 1.76. The summed E-state index contributed by atoms with van der Waals surface area (Å²) in [6, 6.07) is 24.0. The summed E-state index contributed by atoms with van der Waals surface area (Å²) in [5.41, 5.74) is 3.44. The van der Waals surface area contributed by atoms with E-state index in [1.807, 2.05) is 49.4 Å². The molecule has 0 spiro atoms. The van der Waals surface area contributed by atoms with Crippen molar-refractivity contribution in [3.8, 4) is 5.75 Å². The van der Waals surface area contributed by atoms with Gasteiger partial charge < -0.3 is 15.0 Å². The first kappa shape index (κ1) is 20.1. The van der Waals surface area contributed by atoms with E-state index >= 15 is 0 Å². The van der Waals surface area contributed by atoms with Crippen LogP contribution in [-0.4, -0.2) is 30.4 Å². The molecule has 3 rings (SSSR count). The molecule has 29 heavy (non-hydrogen) atoms. The molecule has 0 unspecified atom stereocenters. The molecule has 0 fully saturated rings. The van der Waals surface area contributed by atoms with Crippen molar-refractivity contribution in [2.45, 2.75) is 13.5 Å². The van der Waals surface area contributed by atoms with Gasteiger partial charge in [-0.15, -0.1) is 0 Å². The second kappa shape index (κ2) is 9.55. The molecule has 0 saturated carbocycles. The lowest BCUT2D eigenvalue weighted by atomic mass is 10.1. The minimum atomic E-state index is -0.197. The molecule has 0 aliphatic carbocycles.